The van der Waals surface area contributed by atoms with Crippen molar-refractivity contribution in [3.05, 3.63) is 54.1 Å². The van der Waals surface area contributed by atoms with Crippen LogP contribution in [0.1, 0.15) is 12.5 Å². The maximum absolute atomic E-state index is 11.8. The molecule has 1 unspecified atom stereocenters. The molecule has 0 amide bonds. The van der Waals surface area contributed by atoms with Crippen LogP contribution in [0, 0.1) is 5.92 Å². The first-order valence-electron chi connectivity index (χ1n) is 5.91. The van der Waals surface area contributed by atoms with Gasteiger partial charge in [0.25, 0.3) is 0 Å². The van der Waals surface area contributed by atoms with Gasteiger partial charge >= 0.3 is 11.9 Å². The molecular formula is C15H14O4. The molecule has 1 fully saturated rings. The predicted octanol–water partition coefficient (Wildman–Crippen LogP) is 2.32. The molecule has 98 valence electrons. The van der Waals surface area contributed by atoms with E-state index in [0.717, 1.165) is 0 Å². The summed E-state index contributed by atoms with van der Waals surface area (Å²) < 4.78 is 10.2. The van der Waals surface area contributed by atoms with Crippen molar-refractivity contribution in [1.29, 1.82) is 0 Å². The Morgan fingerprint density at radius 3 is 2.68 bits per heavy atom. The molecule has 2 rings (SSSR count). The minimum Gasteiger partial charge on any atom is -0.461 e. The summed E-state index contributed by atoms with van der Waals surface area (Å²) >= 11 is 0. The Balaban J connectivity index is 2.56. The van der Waals surface area contributed by atoms with Gasteiger partial charge < -0.3 is 9.47 Å². The summed E-state index contributed by atoms with van der Waals surface area (Å²) in [5.74, 6) is -0.957. The van der Waals surface area contributed by atoms with Gasteiger partial charge in [-0.05, 0) is 0 Å². The van der Waals surface area contributed by atoms with Gasteiger partial charge in [0.2, 0.25) is 0 Å². The fourth-order valence-electron chi connectivity index (χ4n) is 1.93. The summed E-state index contributed by atoms with van der Waals surface area (Å²) in [7, 11) is 0. The average molecular weight is 258 g/mol. The summed E-state index contributed by atoms with van der Waals surface area (Å²) in [6, 6.07) is 9.01. The van der Waals surface area contributed by atoms with Crippen molar-refractivity contribution in [3.8, 4) is 0 Å². The first-order valence-corrected chi connectivity index (χ1v) is 5.91. The Morgan fingerprint density at radius 1 is 1.42 bits per heavy atom. The van der Waals surface area contributed by atoms with Crippen LogP contribution >= 0.6 is 0 Å². The van der Waals surface area contributed by atoms with Crippen LogP contribution in [0.3, 0.4) is 0 Å². The Morgan fingerprint density at radius 2 is 2.11 bits per heavy atom. The summed E-state index contributed by atoms with van der Waals surface area (Å²) in [5.41, 5.74) is 1.01. The van der Waals surface area contributed by atoms with Crippen LogP contribution < -0.4 is 0 Å². The number of carbonyl (C=O) groups is 2. The first-order chi connectivity index (χ1) is 9.13. The van der Waals surface area contributed by atoms with Gasteiger partial charge in [-0.25, -0.2) is 4.79 Å². The minimum atomic E-state index is -0.478. The molecule has 1 aliphatic rings. The standard InChI is InChI=1S/C15H14O4/c1-3-11-9-18-15(17)13(11)14(19-10(2)16)12-7-5-4-6-8-12/h3-8,11H,1,9H2,2H3/b14-13-. The molecule has 1 heterocycles. The first kappa shape index (κ1) is 13.1. The van der Waals surface area contributed by atoms with E-state index in [9.17, 15) is 9.59 Å². The lowest BCUT2D eigenvalue weighted by Crippen LogP contribution is -2.09. The van der Waals surface area contributed by atoms with Crippen LogP contribution in [0.25, 0.3) is 5.76 Å². The minimum absolute atomic E-state index is 0.231. The lowest BCUT2D eigenvalue weighted by atomic mass is 9.98. The third-order valence-electron chi connectivity index (χ3n) is 2.80. The molecule has 1 aromatic carbocycles. The lowest BCUT2D eigenvalue weighted by Gasteiger charge is -2.11. The Bertz CT molecular complexity index is 543. The van der Waals surface area contributed by atoms with Crippen LogP contribution in [0.2, 0.25) is 0 Å². The molecular weight excluding hydrogens is 244 g/mol. The molecule has 1 saturated heterocycles. The molecule has 19 heavy (non-hydrogen) atoms. The highest BCUT2D eigenvalue weighted by atomic mass is 16.6. The van der Waals surface area contributed by atoms with Crippen molar-refractivity contribution in [2.45, 2.75) is 6.92 Å². The average Bonchev–Trinajstić information content (AvgIpc) is 2.78. The van der Waals surface area contributed by atoms with Crippen LogP contribution in [-0.4, -0.2) is 18.5 Å². The number of ether oxygens (including phenoxy) is 2. The fraction of sp³-hybridized carbons (Fsp3) is 0.200. The molecule has 1 aromatic rings. The van der Waals surface area contributed by atoms with Crippen molar-refractivity contribution in [2.75, 3.05) is 6.61 Å². The number of cyclic esters (lactones) is 1. The van der Waals surface area contributed by atoms with Crippen LogP contribution in [0.5, 0.6) is 0 Å². The maximum Gasteiger partial charge on any atom is 0.338 e. The molecule has 0 aromatic heterocycles. The topological polar surface area (TPSA) is 52.6 Å². The Kier molecular flexibility index (Phi) is 3.80. The van der Waals surface area contributed by atoms with Gasteiger partial charge in [-0.3, -0.25) is 4.79 Å². The highest BCUT2D eigenvalue weighted by Crippen LogP contribution is 2.31. The van der Waals surface area contributed by atoms with Crippen molar-refractivity contribution < 1.29 is 19.1 Å². The van der Waals surface area contributed by atoms with Gasteiger partial charge in [0.05, 0.1) is 5.57 Å². The van der Waals surface area contributed by atoms with Gasteiger partial charge in [-0.1, -0.05) is 36.4 Å². The number of rotatable bonds is 3. The summed E-state index contributed by atoms with van der Waals surface area (Å²) in [5, 5.41) is 0. The van der Waals surface area contributed by atoms with E-state index in [1.54, 1.807) is 18.2 Å². The third-order valence-corrected chi connectivity index (χ3v) is 2.80. The molecule has 1 aliphatic heterocycles. The van der Waals surface area contributed by atoms with Crippen LogP contribution in [0.15, 0.2) is 48.6 Å². The summed E-state index contributed by atoms with van der Waals surface area (Å²) in [4.78, 5) is 23.1. The second-order valence-corrected chi connectivity index (χ2v) is 4.14. The van der Waals surface area contributed by atoms with Crippen molar-refractivity contribution in [3.63, 3.8) is 0 Å². The van der Waals surface area contributed by atoms with E-state index in [2.05, 4.69) is 6.58 Å². The van der Waals surface area contributed by atoms with Crippen molar-refractivity contribution in [1.82, 2.24) is 0 Å². The Labute approximate surface area is 111 Å². The molecule has 0 aliphatic carbocycles. The summed E-state index contributed by atoms with van der Waals surface area (Å²) in [6.45, 7) is 5.21. The van der Waals surface area contributed by atoms with E-state index < -0.39 is 11.9 Å². The highest BCUT2D eigenvalue weighted by molar-refractivity contribution is 6.00. The zero-order chi connectivity index (χ0) is 13.8. The largest absolute Gasteiger partial charge is 0.461 e. The van der Waals surface area contributed by atoms with Crippen molar-refractivity contribution >= 4 is 17.7 Å². The SMILES string of the molecule is C=CC1COC(=O)/C1=C(\OC(C)=O)c1ccccc1. The predicted molar refractivity (Wildman–Crippen MR) is 69.8 cm³/mol. The number of benzene rings is 1. The molecule has 4 nitrogen and oxygen atoms in total. The smallest absolute Gasteiger partial charge is 0.338 e. The molecule has 0 N–H and O–H groups in total. The van der Waals surface area contributed by atoms with Gasteiger partial charge in [-0.2, -0.15) is 0 Å². The maximum atomic E-state index is 11.8. The zero-order valence-corrected chi connectivity index (χ0v) is 10.6. The van der Waals surface area contributed by atoms with E-state index >= 15 is 0 Å². The number of hydrogen-bond donors (Lipinski definition) is 0. The third kappa shape index (κ3) is 2.73. The number of carbonyl (C=O) groups excluding carboxylic acids is 2. The molecule has 0 saturated carbocycles. The van der Waals surface area contributed by atoms with Crippen LogP contribution in [0.4, 0.5) is 0 Å². The van der Waals surface area contributed by atoms with E-state index in [-0.39, 0.29) is 18.3 Å². The number of esters is 2. The lowest BCUT2D eigenvalue weighted by molar-refractivity contribution is -0.135. The second kappa shape index (κ2) is 5.52. The van der Waals surface area contributed by atoms with Crippen molar-refractivity contribution in [2.24, 2.45) is 5.92 Å². The monoisotopic (exact) mass is 258 g/mol. The fourth-order valence-corrected chi connectivity index (χ4v) is 1.93. The molecule has 0 spiro atoms. The normalized spacial score (nSPS) is 20.7. The Hall–Kier alpha value is -2.36. The summed E-state index contributed by atoms with van der Waals surface area (Å²) in [6.07, 6.45) is 1.62. The number of hydrogen-bond acceptors (Lipinski definition) is 4. The highest BCUT2D eigenvalue weighted by Gasteiger charge is 2.33. The molecule has 0 bridgehead atoms. The second-order valence-electron chi connectivity index (χ2n) is 4.14. The molecule has 1 atom stereocenters. The molecule has 4 heteroatoms. The van der Waals surface area contributed by atoms with E-state index in [1.165, 1.54) is 6.92 Å². The van der Waals surface area contributed by atoms with Gasteiger partial charge in [0.15, 0.2) is 0 Å². The molecule has 0 radical (unpaired) electrons. The van der Waals surface area contributed by atoms with E-state index in [1.807, 2.05) is 18.2 Å². The van der Waals surface area contributed by atoms with Gasteiger partial charge in [0, 0.05) is 18.4 Å². The van der Waals surface area contributed by atoms with Gasteiger partial charge in [0.1, 0.15) is 12.4 Å². The van der Waals surface area contributed by atoms with Crippen LogP contribution in [-0.2, 0) is 19.1 Å². The quantitative estimate of drug-likeness (QED) is 0.361. The van der Waals surface area contributed by atoms with E-state index in [4.69, 9.17) is 9.47 Å². The zero-order valence-electron chi connectivity index (χ0n) is 10.6. The van der Waals surface area contributed by atoms with Gasteiger partial charge in [-0.15, -0.1) is 6.58 Å². The van der Waals surface area contributed by atoms with E-state index in [0.29, 0.717) is 11.1 Å².